The van der Waals surface area contributed by atoms with Crippen LogP contribution in [-0.2, 0) is 65.4 Å². The van der Waals surface area contributed by atoms with E-state index in [2.05, 4.69) is 198 Å². The van der Waals surface area contributed by atoms with Gasteiger partial charge in [0, 0.05) is 25.7 Å². The summed E-state index contributed by atoms with van der Waals surface area (Å²) in [7, 11) is -10.0. The molecule has 0 fully saturated rings. The summed E-state index contributed by atoms with van der Waals surface area (Å²) in [6, 6.07) is 0. The van der Waals surface area contributed by atoms with E-state index in [0.717, 1.165) is 167 Å². The number of esters is 4. The monoisotopic (exact) mass is 1550 g/mol. The summed E-state index contributed by atoms with van der Waals surface area (Å²) in [4.78, 5) is 73.1. The average molecular weight is 1550 g/mol. The lowest BCUT2D eigenvalue weighted by atomic mass is 10.1. The maximum Gasteiger partial charge on any atom is 0.472 e. The van der Waals surface area contributed by atoms with Crippen molar-refractivity contribution in [1.82, 2.24) is 0 Å². The predicted molar refractivity (Wildman–Crippen MR) is 445 cm³/mol. The fourth-order valence-corrected chi connectivity index (χ4v) is 11.7. The van der Waals surface area contributed by atoms with Crippen LogP contribution in [0.15, 0.2) is 182 Å². The minimum atomic E-state index is -5.01. The van der Waals surface area contributed by atoms with Gasteiger partial charge in [-0.25, -0.2) is 9.13 Å². The van der Waals surface area contributed by atoms with Crippen molar-refractivity contribution in [3.05, 3.63) is 182 Å². The summed E-state index contributed by atoms with van der Waals surface area (Å²) in [5.74, 6) is -2.34. The molecule has 612 valence electrons. The zero-order chi connectivity index (χ0) is 78.9. The summed E-state index contributed by atoms with van der Waals surface area (Å²) in [6.07, 6.45) is 95.9. The quantitative estimate of drug-likeness (QED) is 0.0169. The van der Waals surface area contributed by atoms with Crippen LogP contribution in [0.4, 0.5) is 0 Å². The number of phosphoric ester groups is 2. The molecule has 0 heterocycles. The normalized spacial score (nSPS) is 14.8. The Kier molecular flexibility index (Phi) is 75.0. The first-order valence-corrected chi connectivity index (χ1v) is 44.0. The molecule has 0 radical (unpaired) electrons. The van der Waals surface area contributed by atoms with E-state index in [0.29, 0.717) is 32.1 Å². The van der Waals surface area contributed by atoms with Gasteiger partial charge in [-0.05, 0) is 180 Å². The van der Waals surface area contributed by atoms with Crippen molar-refractivity contribution in [2.24, 2.45) is 0 Å². The van der Waals surface area contributed by atoms with Gasteiger partial charge in [0.2, 0.25) is 0 Å². The number of carbonyl (C=O) groups is 4. The van der Waals surface area contributed by atoms with Gasteiger partial charge in [-0.3, -0.25) is 37.3 Å². The minimum Gasteiger partial charge on any atom is -0.462 e. The van der Waals surface area contributed by atoms with Gasteiger partial charge in [-0.15, -0.1) is 0 Å². The van der Waals surface area contributed by atoms with Crippen molar-refractivity contribution >= 4 is 39.5 Å². The number of allylic oxidation sites excluding steroid dienone is 30. The molecule has 0 saturated heterocycles. The Morgan fingerprint density at radius 2 is 0.491 bits per heavy atom. The molecule has 2 unspecified atom stereocenters. The van der Waals surface area contributed by atoms with E-state index in [1.54, 1.807) is 0 Å². The van der Waals surface area contributed by atoms with E-state index < -0.39 is 97.5 Å². The van der Waals surface area contributed by atoms with Crippen LogP contribution in [0.5, 0.6) is 0 Å². The van der Waals surface area contributed by atoms with Crippen molar-refractivity contribution in [1.29, 1.82) is 0 Å². The molecule has 0 aromatic rings. The zero-order valence-corrected chi connectivity index (χ0v) is 68.7. The smallest absolute Gasteiger partial charge is 0.462 e. The number of hydrogen-bond donors (Lipinski definition) is 3. The van der Waals surface area contributed by atoms with Gasteiger partial charge in [0.05, 0.1) is 26.4 Å². The Hall–Kier alpha value is -5.84. The molecule has 0 aromatic carbocycles. The summed E-state index contributed by atoms with van der Waals surface area (Å²) in [5, 5.41) is 10.7. The zero-order valence-electron chi connectivity index (χ0n) is 66.9. The third kappa shape index (κ3) is 78.3. The minimum absolute atomic E-state index is 0.00390. The number of ether oxygens (including phenoxy) is 4. The van der Waals surface area contributed by atoms with E-state index >= 15 is 0 Å². The van der Waals surface area contributed by atoms with Crippen molar-refractivity contribution in [2.75, 3.05) is 39.6 Å². The Labute approximate surface area is 654 Å². The molecule has 19 heteroatoms. The molecular formula is C89H144O17P2. The third-order valence-corrected chi connectivity index (χ3v) is 18.2. The van der Waals surface area contributed by atoms with Crippen molar-refractivity contribution in [3.8, 4) is 0 Å². The fraction of sp³-hybridized carbons (Fsp3) is 0.618. The molecule has 0 bridgehead atoms. The molecule has 0 saturated carbocycles. The topological polar surface area (TPSA) is 237 Å². The van der Waals surface area contributed by atoms with Gasteiger partial charge in [0.1, 0.15) is 19.3 Å². The van der Waals surface area contributed by atoms with E-state index in [1.807, 2.05) is 12.2 Å². The molecule has 0 aromatic heterocycles. The molecular weight excluding hydrogens is 1400 g/mol. The van der Waals surface area contributed by atoms with E-state index in [-0.39, 0.29) is 25.7 Å². The molecule has 17 nitrogen and oxygen atoms in total. The van der Waals surface area contributed by atoms with Crippen LogP contribution in [0.3, 0.4) is 0 Å². The fourth-order valence-electron chi connectivity index (χ4n) is 10.1. The average Bonchev–Trinajstić information content (AvgIpc) is 0.886. The molecule has 0 rings (SSSR count). The van der Waals surface area contributed by atoms with Crippen molar-refractivity contribution in [2.45, 2.75) is 316 Å². The highest BCUT2D eigenvalue weighted by atomic mass is 31.2. The molecule has 0 aliphatic carbocycles. The van der Waals surface area contributed by atoms with Gasteiger partial charge >= 0.3 is 39.5 Å². The highest BCUT2D eigenvalue weighted by molar-refractivity contribution is 7.47. The van der Waals surface area contributed by atoms with Crippen molar-refractivity contribution in [3.63, 3.8) is 0 Å². The molecule has 0 amide bonds. The molecule has 0 aliphatic rings. The van der Waals surface area contributed by atoms with Gasteiger partial charge in [-0.1, -0.05) is 274 Å². The lowest BCUT2D eigenvalue weighted by molar-refractivity contribution is -0.161. The van der Waals surface area contributed by atoms with Gasteiger partial charge in [-0.2, -0.15) is 0 Å². The Bertz CT molecular complexity index is 2760. The van der Waals surface area contributed by atoms with Gasteiger partial charge in [0.25, 0.3) is 0 Å². The van der Waals surface area contributed by atoms with Gasteiger partial charge in [0.15, 0.2) is 12.2 Å². The van der Waals surface area contributed by atoms with Crippen molar-refractivity contribution < 1.29 is 80.2 Å². The number of hydrogen-bond acceptors (Lipinski definition) is 15. The van der Waals surface area contributed by atoms with Crippen LogP contribution in [0.2, 0.25) is 0 Å². The molecule has 3 N–H and O–H groups in total. The first-order valence-electron chi connectivity index (χ1n) is 41.0. The summed E-state index contributed by atoms with van der Waals surface area (Å²) < 4.78 is 68.6. The second-order valence-corrected chi connectivity index (χ2v) is 29.5. The molecule has 108 heavy (non-hydrogen) atoms. The largest absolute Gasteiger partial charge is 0.472 e. The van der Waals surface area contributed by atoms with Crippen LogP contribution in [0.25, 0.3) is 0 Å². The standard InChI is InChI=1S/C89H144O17P2/c1-5-9-13-17-21-25-29-33-36-39-41-44-46-50-53-57-61-65-69-73-86(91)99-79-84(105-88(93)75-71-67-63-59-55-49-32-28-24-20-16-12-8-4)81-103-107(95,96)101-77-83(90)78-102-108(97,98)104-82-85(106-89(94)76-72-68-64-60-56-52-48-43-38-35-31-27-23-19-15-11-7-3)80-100-87(92)74-70-66-62-58-54-51-47-45-42-40-37-34-30-26-22-18-14-10-6-2/h9-10,13-14,21-23,25-28,32-38,41-42,44-45,48,50-54,60,64,83-85,90H,5-8,11-12,15-20,24,29-31,39-40,43,46-47,49,55-59,61-63,65-82H2,1-4H3,(H,95,96)(H,97,98)/b13-9-,14-10-,25-21-,26-22-,27-23-,32-28-,36-33-,37-34-,38-35-,44-41-,45-42-,52-48-,53-50-,54-51-,64-60-/t83-,84+,85+/m0/s1. The highest BCUT2D eigenvalue weighted by Crippen LogP contribution is 2.45. The SMILES string of the molecule is CC/C=C\C/C=C\C/C=C\C/C=C\C/C=C\CCCCCC(=O)OC[C@H](COP(=O)(O)OC[C@@H](O)COP(=O)(O)OC[C@@H](COC(=O)CCCCC/C=C\C/C=C\C/C=C\C/C=C\C/C=C\CC)OC(=O)CCCCCCC/C=C\CCCCCC)OC(=O)CCC/C=C\C/C=C\C/C=C\C/C=C\CCCCC. The maximum atomic E-state index is 13.1. The van der Waals surface area contributed by atoms with E-state index in [9.17, 15) is 43.2 Å². The van der Waals surface area contributed by atoms with Gasteiger partial charge < -0.3 is 33.8 Å². The first kappa shape index (κ1) is 102. The number of aliphatic hydroxyl groups is 1. The summed E-state index contributed by atoms with van der Waals surface area (Å²) in [6.45, 7) is 4.44. The van der Waals surface area contributed by atoms with Crippen LogP contribution in [0.1, 0.15) is 297 Å². The molecule has 5 atom stereocenters. The number of aliphatic hydroxyl groups excluding tert-OH is 1. The number of rotatable bonds is 75. The Morgan fingerprint density at radius 1 is 0.269 bits per heavy atom. The van der Waals surface area contributed by atoms with Crippen LogP contribution >= 0.6 is 15.6 Å². The maximum absolute atomic E-state index is 13.1. The second-order valence-electron chi connectivity index (χ2n) is 26.6. The molecule has 0 spiro atoms. The predicted octanol–water partition coefficient (Wildman–Crippen LogP) is 24.3. The third-order valence-electron chi connectivity index (χ3n) is 16.3. The number of unbranched alkanes of at least 4 members (excludes halogenated alkanes) is 19. The summed E-state index contributed by atoms with van der Waals surface area (Å²) >= 11 is 0. The highest BCUT2D eigenvalue weighted by Gasteiger charge is 2.30. The first-order chi connectivity index (χ1) is 52.7. The lowest BCUT2D eigenvalue weighted by Crippen LogP contribution is -2.30. The van der Waals surface area contributed by atoms with E-state index in [1.165, 1.54) is 44.9 Å². The van der Waals surface area contributed by atoms with E-state index in [4.69, 9.17) is 37.0 Å². The van der Waals surface area contributed by atoms with Crippen LogP contribution in [-0.4, -0.2) is 96.7 Å². The second kappa shape index (κ2) is 79.3. The summed E-state index contributed by atoms with van der Waals surface area (Å²) in [5.41, 5.74) is 0. The van der Waals surface area contributed by atoms with Crippen LogP contribution < -0.4 is 0 Å². The van der Waals surface area contributed by atoms with Crippen LogP contribution in [0, 0.1) is 0 Å². The molecule has 0 aliphatic heterocycles. The lowest BCUT2D eigenvalue weighted by Gasteiger charge is -2.21. The Balaban J connectivity index is 5.49. The number of carbonyl (C=O) groups excluding carboxylic acids is 4. The number of phosphoric acid groups is 2. The Morgan fingerprint density at radius 3 is 0.815 bits per heavy atom.